The lowest BCUT2D eigenvalue weighted by atomic mass is 9.85. The van der Waals surface area contributed by atoms with Crippen molar-refractivity contribution < 1.29 is 5.11 Å². The quantitative estimate of drug-likeness (QED) is 0.715. The molecular weight excluding hydrogens is 212 g/mol. The van der Waals surface area contributed by atoms with Gasteiger partial charge < -0.3 is 15.3 Å². The van der Waals surface area contributed by atoms with Gasteiger partial charge in [0.1, 0.15) is 0 Å². The van der Waals surface area contributed by atoms with E-state index in [1.165, 1.54) is 25.7 Å². The highest BCUT2D eigenvalue weighted by atomic mass is 16.3. The summed E-state index contributed by atoms with van der Waals surface area (Å²) in [6, 6.07) is 0. The monoisotopic (exact) mass is 242 g/mol. The standard InChI is InChI=1S/C14H30N2O/c1-5-16(11-13(2,3)17)12-14(10-15-4)8-6-7-9-14/h15,17H,5-12H2,1-4H3. The number of nitrogens with one attached hydrogen (secondary N) is 1. The fourth-order valence-electron chi connectivity index (χ4n) is 3.19. The Hall–Kier alpha value is -0.120. The van der Waals surface area contributed by atoms with Gasteiger partial charge in [0.25, 0.3) is 0 Å². The first-order valence-electron chi connectivity index (χ1n) is 7.00. The summed E-state index contributed by atoms with van der Waals surface area (Å²) >= 11 is 0. The Kier molecular flexibility index (Phi) is 5.42. The summed E-state index contributed by atoms with van der Waals surface area (Å²) in [7, 11) is 2.05. The van der Waals surface area contributed by atoms with E-state index >= 15 is 0 Å². The Bertz CT molecular complexity index is 217. The summed E-state index contributed by atoms with van der Waals surface area (Å²) in [5.74, 6) is 0. The number of hydrogen-bond acceptors (Lipinski definition) is 3. The van der Waals surface area contributed by atoms with Crippen molar-refractivity contribution in [3.05, 3.63) is 0 Å². The van der Waals surface area contributed by atoms with E-state index in [0.29, 0.717) is 5.41 Å². The van der Waals surface area contributed by atoms with Crippen molar-refractivity contribution >= 4 is 0 Å². The average Bonchev–Trinajstić information content (AvgIpc) is 2.64. The van der Waals surface area contributed by atoms with Crippen LogP contribution in [0.5, 0.6) is 0 Å². The van der Waals surface area contributed by atoms with Crippen molar-refractivity contribution in [2.75, 3.05) is 33.2 Å². The van der Waals surface area contributed by atoms with Crippen LogP contribution >= 0.6 is 0 Å². The summed E-state index contributed by atoms with van der Waals surface area (Å²) in [6.45, 7) is 10.0. The van der Waals surface area contributed by atoms with Gasteiger partial charge in [0.05, 0.1) is 5.60 Å². The molecule has 3 nitrogen and oxygen atoms in total. The van der Waals surface area contributed by atoms with E-state index in [1.807, 2.05) is 20.9 Å². The molecule has 0 aromatic rings. The van der Waals surface area contributed by atoms with E-state index in [0.717, 1.165) is 26.2 Å². The smallest absolute Gasteiger partial charge is 0.0718 e. The molecule has 1 rings (SSSR count). The fraction of sp³-hybridized carbons (Fsp3) is 1.00. The molecule has 102 valence electrons. The number of hydrogen-bond donors (Lipinski definition) is 2. The largest absolute Gasteiger partial charge is 0.389 e. The van der Waals surface area contributed by atoms with Crippen LogP contribution in [0.1, 0.15) is 46.5 Å². The van der Waals surface area contributed by atoms with Crippen molar-refractivity contribution in [1.29, 1.82) is 0 Å². The van der Waals surface area contributed by atoms with Crippen molar-refractivity contribution in [2.45, 2.75) is 52.1 Å². The van der Waals surface area contributed by atoms with Crippen LogP contribution in [-0.4, -0.2) is 48.8 Å². The highest BCUT2D eigenvalue weighted by Gasteiger charge is 2.35. The number of rotatable bonds is 7. The lowest BCUT2D eigenvalue weighted by Gasteiger charge is -2.37. The topological polar surface area (TPSA) is 35.5 Å². The molecule has 17 heavy (non-hydrogen) atoms. The summed E-state index contributed by atoms with van der Waals surface area (Å²) in [4.78, 5) is 2.41. The van der Waals surface area contributed by atoms with Gasteiger partial charge in [-0.25, -0.2) is 0 Å². The molecule has 0 aromatic carbocycles. The molecule has 0 heterocycles. The van der Waals surface area contributed by atoms with Crippen LogP contribution in [0.2, 0.25) is 0 Å². The molecule has 0 amide bonds. The highest BCUT2D eigenvalue weighted by Crippen LogP contribution is 2.38. The second-order valence-corrected chi connectivity index (χ2v) is 6.35. The van der Waals surface area contributed by atoms with Gasteiger partial charge in [0, 0.05) is 19.6 Å². The average molecular weight is 242 g/mol. The minimum absolute atomic E-state index is 0.440. The van der Waals surface area contributed by atoms with Crippen LogP contribution in [0.25, 0.3) is 0 Å². The molecule has 0 aromatic heterocycles. The summed E-state index contributed by atoms with van der Waals surface area (Å²) in [5.41, 5.74) is -0.147. The Morgan fingerprint density at radius 3 is 2.29 bits per heavy atom. The third kappa shape index (κ3) is 4.94. The first kappa shape index (κ1) is 14.9. The molecule has 0 atom stereocenters. The molecular formula is C14H30N2O. The van der Waals surface area contributed by atoms with Crippen molar-refractivity contribution in [1.82, 2.24) is 10.2 Å². The Labute approximate surface area is 107 Å². The van der Waals surface area contributed by atoms with E-state index in [9.17, 15) is 5.11 Å². The molecule has 0 unspecified atom stereocenters. The van der Waals surface area contributed by atoms with Gasteiger partial charge >= 0.3 is 0 Å². The molecule has 0 bridgehead atoms. The fourth-order valence-corrected chi connectivity index (χ4v) is 3.19. The highest BCUT2D eigenvalue weighted by molar-refractivity contribution is 4.90. The van der Waals surface area contributed by atoms with Gasteiger partial charge in [-0.05, 0) is 45.7 Å². The summed E-state index contributed by atoms with van der Waals surface area (Å²) in [5, 5.41) is 13.3. The molecule has 1 aliphatic carbocycles. The van der Waals surface area contributed by atoms with E-state index in [2.05, 4.69) is 17.1 Å². The van der Waals surface area contributed by atoms with Gasteiger partial charge in [-0.1, -0.05) is 19.8 Å². The Balaban J connectivity index is 2.57. The third-order valence-corrected chi connectivity index (χ3v) is 3.83. The van der Waals surface area contributed by atoms with Crippen molar-refractivity contribution in [3.63, 3.8) is 0 Å². The molecule has 1 aliphatic rings. The van der Waals surface area contributed by atoms with E-state index < -0.39 is 5.60 Å². The Morgan fingerprint density at radius 2 is 1.88 bits per heavy atom. The maximum Gasteiger partial charge on any atom is 0.0718 e. The maximum atomic E-state index is 9.95. The van der Waals surface area contributed by atoms with Crippen LogP contribution in [0, 0.1) is 5.41 Å². The zero-order valence-corrected chi connectivity index (χ0v) is 12.1. The van der Waals surface area contributed by atoms with Gasteiger partial charge in [-0.3, -0.25) is 0 Å². The minimum atomic E-state index is -0.588. The van der Waals surface area contributed by atoms with Crippen LogP contribution in [-0.2, 0) is 0 Å². The second kappa shape index (κ2) is 6.17. The van der Waals surface area contributed by atoms with E-state index in [4.69, 9.17) is 0 Å². The molecule has 0 aliphatic heterocycles. The molecule has 0 radical (unpaired) electrons. The Morgan fingerprint density at radius 1 is 1.29 bits per heavy atom. The lowest BCUT2D eigenvalue weighted by molar-refractivity contribution is 0.0224. The SMILES string of the molecule is CCN(CC(C)(C)O)CC1(CNC)CCCC1. The predicted octanol–water partition coefficient (Wildman–Crippen LogP) is 1.86. The van der Waals surface area contributed by atoms with Crippen molar-refractivity contribution in [3.8, 4) is 0 Å². The molecule has 0 saturated heterocycles. The number of likely N-dealkylation sites (N-methyl/N-ethyl adjacent to an activating group) is 1. The van der Waals surface area contributed by atoms with Gasteiger partial charge in [0.2, 0.25) is 0 Å². The first-order valence-corrected chi connectivity index (χ1v) is 7.00. The summed E-state index contributed by atoms with van der Waals surface area (Å²) < 4.78 is 0. The molecule has 3 heteroatoms. The number of nitrogens with zero attached hydrogens (tertiary/aromatic N) is 1. The molecule has 1 saturated carbocycles. The van der Waals surface area contributed by atoms with Gasteiger partial charge in [-0.15, -0.1) is 0 Å². The predicted molar refractivity (Wildman–Crippen MR) is 73.2 cm³/mol. The second-order valence-electron chi connectivity index (χ2n) is 6.35. The van der Waals surface area contributed by atoms with Crippen LogP contribution in [0.3, 0.4) is 0 Å². The summed E-state index contributed by atoms with van der Waals surface area (Å²) in [6.07, 6.45) is 5.38. The normalized spacial score (nSPS) is 20.1. The molecule has 1 fully saturated rings. The third-order valence-electron chi connectivity index (χ3n) is 3.83. The van der Waals surface area contributed by atoms with Gasteiger partial charge in [-0.2, -0.15) is 0 Å². The van der Waals surface area contributed by atoms with Crippen molar-refractivity contribution in [2.24, 2.45) is 5.41 Å². The van der Waals surface area contributed by atoms with E-state index in [1.54, 1.807) is 0 Å². The molecule has 2 N–H and O–H groups in total. The maximum absolute atomic E-state index is 9.95. The van der Waals surface area contributed by atoms with Crippen LogP contribution < -0.4 is 5.32 Å². The first-order chi connectivity index (χ1) is 7.91. The molecule has 0 spiro atoms. The minimum Gasteiger partial charge on any atom is -0.389 e. The zero-order chi connectivity index (χ0) is 12.9. The van der Waals surface area contributed by atoms with Crippen LogP contribution in [0.4, 0.5) is 0 Å². The van der Waals surface area contributed by atoms with E-state index in [-0.39, 0.29) is 0 Å². The van der Waals surface area contributed by atoms with Crippen LogP contribution in [0.15, 0.2) is 0 Å². The lowest BCUT2D eigenvalue weighted by Crippen LogP contribution is -2.46. The van der Waals surface area contributed by atoms with Gasteiger partial charge in [0.15, 0.2) is 0 Å². The zero-order valence-electron chi connectivity index (χ0n) is 12.1. The number of aliphatic hydroxyl groups is 1.